The number of methoxy groups -OCH3 is 1. The summed E-state index contributed by atoms with van der Waals surface area (Å²) < 4.78 is 6.27. The van der Waals surface area contributed by atoms with Crippen LogP contribution in [-0.2, 0) is 0 Å². The summed E-state index contributed by atoms with van der Waals surface area (Å²) in [5.41, 5.74) is 2.13. The normalized spacial score (nSPS) is 12.3. The molecule has 2 aromatic rings. The predicted molar refractivity (Wildman–Crippen MR) is 84.3 cm³/mol. The molecule has 1 heterocycles. The fourth-order valence-electron chi connectivity index (χ4n) is 2.03. The summed E-state index contributed by atoms with van der Waals surface area (Å²) in [6.07, 6.45) is 0. The standard InChI is InChI=1S/C14H17BrN2OS/c1-8-14(19-10(3)16-8)9(2)17-12-5-11(15)6-13(7-12)18-4/h5-7,9,17H,1-4H3. The second kappa shape index (κ2) is 5.92. The molecule has 1 atom stereocenters. The van der Waals surface area contributed by atoms with E-state index in [1.165, 1.54) is 4.88 Å². The molecule has 0 radical (unpaired) electrons. The number of aryl methyl sites for hydroxylation is 2. The second-order valence-corrected chi connectivity index (χ2v) is 6.58. The molecule has 2 rings (SSSR count). The molecule has 1 unspecified atom stereocenters. The quantitative estimate of drug-likeness (QED) is 0.875. The van der Waals surface area contributed by atoms with Gasteiger partial charge in [-0.25, -0.2) is 4.98 Å². The molecule has 1 aromatic heterocycles. The van der Waals surface area contributed by atoms with Gasteiger partial charge in [-0.2, -0.15) is 0 Å². The molecule has 0 saturated carbocycles. The van der Waals surface area contributed by atoms with Gasteiger partial charge in [0.25, 0.3) is 0 Å². The van der Waals surface area contributed by atoms with Crippen molar-refractivity contribution in [3.63, 3.8) is 0 Å². The summed E-state index contributed by atoms with van der Waals surface area (Å²) in [5.74, 6) is 0.835. The van der Waals surface area contributed by atoms with E-state index >= 15 is 0 Å². The number of nitrogens with one attached hydrogen (secondary N) is 1. The van der Waals surface area contributed by atoms with E-state index in [0.717, 1.165) is 26.6 Å². The average Bonchev–Trinajstić information content (AvgIpc) is 2.67. The molecule has 0 spiro atoms. The predicted octanol–water partition coefficient (Wildman–Crippen LogP) is 4.70. The average molecular weight is 341 g/mol. The maximum absolute atomic E-state index is 5.27. The Hall–Kier alpha value is -1.07. The van der Waals surface area contributed by atoms with Crippen LogP contribution >= 0.6 is 27.3 Å². The first-order valence-electron chi connectivity index (χ1n) is 6.04. The summed E-state index contributed by atoms with van der Waals surface area (Å²) >= 11 is 5.23. The van der Waals surface area contributed by atoms with E-state index in [1.807, 2.05) is 25.1 Å². The fraction of sp³-hybridized carbons (Fsp3) is 0.357. The van der Waals surface area contributed by atoms with Gasteiger partial charge in [-0.1, -0.05) is 15.9 Å². The number of rotatable bonds is 4. The minimum absolute atomic E-state index is 0.227. The molecule has 102 valence electrons. The maximum Gasteiger partial charge on any atom is 0.122 e. The van der Waals surface area contributed by atoms with Crippen molar-refractivity contribution in [1.29, 1.82) is 0 Å². The van der Waals surface area contributed by atoms with Crippen molar-refractivity contribution in [3.8, 4) is 5.75 Å². The van der Waals surface area contributed by atoms with Crippen molar-refractivity contribution in [2.24, 2.45) is 0 Å². The lowest BCUT2D eigenvalue weighted by molar-refractivity contribution is 0.414. The summed E-state index contributed by atoms with van der Waals surface area (Å²) in [5, 5.41) is 4.59. The number of ether oxygens (including phenoxy) is 1. The molecular formula is C14H17BrN2OS. The molecule has 0 bridgehead atoms. The minimum atomic E-state index is 0.227. The Morgan fingerprint density at radius 2 is 2.05 bits per heavy atom. The number of anilines is 1. The number of hydrogen-bond donors (Lipinski definition) is 1. The number of nitrogens with zero attached hydrogens (tertiary/aromatic N) is 1. The molecule has 3 nitrogen and oxygen atoms in total. The van der Waals surface area contributed by atoms with Gasteiger partial charge >= 0.3 is 0 Å². The van der Waals surface area contributed by atoms with E-state index in [4.69, 9.17) is 4.74 Å². The molecule has 19 heavy (non-hydrogen) atoms. The number of hydrogen-bond acceptors (Lipinski definition) is 4. The van der Waals surface area contributed by atoms with Crippen molar-refractivity contribution >= 4 is 33.0 Å². The zero-order valence-corrected chi connectivity index (χ0v) is 13.9. The highest BCUT2D eigenvalue weighted by Gasteiger charge is 2.13. The van der Waals surface area contributed by atoms with E-state index in [1.54, 1.807) is 18.4 Å². The minimum Gasteiger partial charge on any atom is -0.497 e. The van der Waals surface area contributed by atoms with Gasteiger partial charge < -0.3 is 10.1 Å². The van der Waals surface area contributed by atoms with E-state index in [0.29, 0.717) is 0 Å². The second-order valence-electron chi connectivity index (χ2n) is 4.43. The zero-order chi connectivity index (χ0) is 14.0. The molecule has 0 aliphatic carbocycles. The summed E-state index contributed by atoms with van der Waals surface area (Å²) in [7, 11) is 1.67. The van der Waals surface area contributed by atoms with Gasteiger partial charge in [0.05, 0.1) is 23.9 Å². The van der Waals surface area contributed by atoms with Crippen LogP contribution in [0.3, 0.4) is 0 Å². The first-order chi connectivity index (χ1) is 8.99. The van der Waals surface area contributed by atoms with Gasteiger partial charge in [0.2, 0.25) is 0 Å². The molecule has 0 saturated heterocycles. The van der Waals surface area contributed by atoms with Gasteiger partial charge in [0.15, 0.2) is 0 Å². The van der Waals surface area contributed by atoms with E-state index in [-0.39, 0.29) is 6.04 Å². The third-order valence-electron chi connectivity index (χ3n) is 2.82. The van der Waals surface area contributed by atoms with Gasteiger partial charge in [-0.05, 0) is 32.9 Å². The van der Waals surface area contributed by atoms with E-state index < -0.39 is 0 Å². The molecule has 0 fully saturated rings. The Bertz CT molecular complexity index is 583. The smallest absolute Gasteiger partial charge is 0.122 e. The number of halogens is 1. The molecule has 0 aliphatic heterocycles. The Balaban J connectivity index is 2.21. The van der Waals surface area contributed by atoms with Crippen molar-refractivity contribution < 1.29 is 4.74 Å². The van der Waals surface area contributed by atoms with Crippen molar-refractivity contribution in [3.05, 3.63) is 38.3 Å². The van der Waals surface area contributed by atoms with Gasteiger partial charge in [0, 0.05) is 21.1 Å². The van der Waals surface area contributed by atoms with Crippen molar-refractivity contribution in [2.75, 3.05) is 12.4 Å². The van der Waals surface area contributed by atoms with Crippen LogP contribution in [0.5, 0.6) is 5.75 Å². The number of thiazole rings is 1. The van der Waals surface area contributed by atoms with E-state index in [9.17, 15) is 0 Å². The summed E-state index contributed by atoms with van der Waals surface area (Å²) in [6, 6.07) is 6.20. The Labute approximate surface area is 126 Å². The Kier molecular flexibility index (Phi) is 4.47. The number of benzene rings is 1. The van der Waals surface area contributed by atoms with Gasteiger partial charge in [0.1, 0.15) is 5.75 Å². The first kappa shape index (κ1) is 14.3. The Morgan fingerprint density at radius 3 is 2.63 bits per heavy atom. The Morgan fingerprint density at radius 1 is 1.32 bits per heavy atom. The molecule has 0 amide bonds. The van der Waals surface area contributed by atoms with E-state index in [2.05, 4.69) is 40.1 Å². The molecule has 1 aromatic carbocycles. The number of aromatic nitrogens is 1. The topological polar surface area (TPSA) is 34.1 Å². The highest BCUT2D eigenvalue weighted by Crippen LogP contribution is 2.30. The van der Waals surface area contributed by atoms with Crippen LogP contribution < -0.4 is 10.1 Å². The van der Waals surface area contributed by atoms with Crippen LogP contribution in [-0.4, -0.2) is 12.1 Å². The van der Waals surface area contributed by atoms with Crippen LogP contribution in [0.1, 0.15) is 28.5 Å². The van der Waals surface area contributed by atoms with Crippen LogP contribution in [0.15, 0.2) is 22.7 Å². The molecule has 5 heteroatoms. The largest absolute Gasteiger partial charge is 0.497 e. The fourth-order valence-corrected chi connectivity index (χ4v) is 3.43. The van der Waals surface area contributed by atoms with Crippen molar-refractivity contribution in [2.45, 2.75) is 26.8 Å². The van der Waals surface area contributed by atoms with Gasteiger partial charge in [-0.3, -0.25) is 0 Å². The highest BCUT2D eigenvalue weighted by molar-refractivity contribution is 9.10. The SMILES string of the molecule is COc1cc(Br)cc(NC(C)c2sc(C)nc2C)c1. The molecular weight excluding hydrogens is 324 g/mol. The zero-order valence-electron chi connectivity index (χ0n) is 11.5. The van der Waals surface area contributed by atoms with Crippen LogP contribution in [0, 0.1) is 13.8 Å². The first-order valence-corrected chi connectivity index (χ1v) is 7.65. The maximum atomic E-state index is 5.27. The van der Waals surface area contributed by atoms with Crippen LogP contribution in [0.25, 0.3) is 0 Å². The lowest BCUT2D eigenvalue weighted by atomic mass is 10.2. The lowest BCUT2D eigenvalue weighted by Gasteiger charge is -2.15. The summed E-state index contributed by atoms with van der Waals surface area (Å²) in [6.45, 7) is 6.24. The van der Waals surface area contributed by atoms with Gasteiger partial charge in [-0.15, -0.1) is 11.3 Å². The third-order valence-corrected chi connectivity index (χ3v) is 4.54. The lowest BCUT2D eigenvalue weighted by Crippen LogP contribution is -2.06. The molecule has 1 N–H and O–H groups in total. The summed E-state index contributed by atoms with van der Waals surface area (Å²) in [4.78, 5) is 5.74. The van der Waals surface area contributed by atoms with Crippen LogP contribution in [0.4, 0.5) is 5.69 Å². The van der Waals surface area contributed by atoms with Crippen molar-refractivity contribution in [1.82, 2.24) is 4.98 Å². The monoisotopic (exact) mass is 340 g/mol. The van der Waals surface area contributed by atoms with Crippen LogP contribution in [0.2, 0.25) is 0 Å². The molecule has 0 aliphatic rings. The highest BCUT2D eigenvalue weighted by atomic mass is 79.9. The third kappa shape index (κ3) is 3.48.